The Morgan fingerprint density at radius 3 is 2.24 bits per heavy atom. The minimum Gasteiger partial charge on any atom is -0.324 e. The molecule has 25 heavy (non-hydrogen) atoms. The van der Waals surface area contributed by atoms with E-state index in [1.165, 1.54) is 24.3 Å². The molecule has 3 aromatic rings. The lowest BCUT2D eigenvalue weighted by molar-refractivity contribution is -0.140. The SMILES string of the molecule is Fc1ccc(Nc2ncc(C(F)(F)F)c(Sc3ccccc3)n2)cc1. The standard InChI is InChI=1S/C17H11F4N3S/c18-11-6-8-12(9-7-11)23-16-22-10-14(17(19,20)21)15(24-16)25-13-4-2-1-3-5-13/h1-10H,(H,22,23,24). The molecule has 0 aliphatic heterocycles. The van der Waals surface area contributed by atoms with Gasteiger partial charge in [0, 0.05) is 16.8 Å². The fourth-order valence-corrected chi connectivity index (χ4v) is 2.89. The Balaban J connectivity index is 1.93. The Morgan fingerprint density at radius 1 is 0.920 bits per heavy atom. The number of nitrogens with one attached hydrogen (secondary N) is 1. The largest absolute Gasteiger partial charge is 0.420 e. The highest BCUT2D eigenvalue weighted by atomic mass is 32.2. The molecule has 2 aromatic carbocycles. The highest BCUT2D eigenvalue weighted by Gasteiger charge is 2.35. The Bertz CT molecular complexity index is 852. The normalized spacial score (nSPS) is 11.4. The monoisotopic (exact) mass is 365 g/mol. The van der Waals surface area contributed by atoms with Gasteiger partial charge in [-0.2, -0.15) is 13.2 Å². The molecule has 0 saturated carbocycles. The number of rotatable bonds is 4. The second kappa shape index (κ2) is 7.10. The van der Waals surface area contributed by atoms with Crippen molar-refractivity contribution in [3.8, 4) is 0 Å². The molecule has 1 heterocycles. The zero-order valence-corrected chi connectivity index (χ0v) is 13.4. The number of hydrogen-bond donors (Lipinski definition) is 1. The average Bonchev–Trinajstić information content (AvgIpc) is 2.57. The maximum absolute atomic E-state index is 13.2. The minimum absolute atomic E-state index is 0.00182. The van der Waals surface area contributed by atoms with Gasteiger partial charge in [0.15, 0.2) is 0 Å². The summed E-state index contributed by atoms with van der Waals surface area (Å²) in [6.45, 7) is 0. The molecule has 0 aliphatic rings. The molecule has 0 amide bonds. The Morgan fingerprint density at radius 2 is 1.60 bits per heavy atom. The van der Waals surface area contributed by atoms with Crippen molar-refractivity contribution < 1.29 is 17.6 Å². The number of aromatic nitrogens is 2. The van der Waals surface area contributed by atoms with E-state index in [2.05, 4.69) is 15.3 Å². The van der Waals surface area contributed by atoms with Gasteiger partial charge in [-0.05, 0) is 36.4 Å². The summed E-state index contributed by atoms with van der Waals surface area (Å²) in [7, 11) is 0. The van der Waals surface area contributed by atoms with E-state index in [0.717, 1.165) is 18.0 Å². The summed E-state index contributed by atoms with van der Waals surface area (Å²) in [5.74, 6) is -0.419. The van der Waals surface area contributed by atoms with Crippen LogP contribution in [0.4, 0.5) is 29.2 Å². The first-order valence-corrected chi connectivity index (χ1v) is 7.93. The van der Waals surface area contributed by atoms with Crippen molar-refractivity contribution in [2.75, 3.05) is 5.32 Å². The molecule has 1 N–H and O–H groups in total. The molecular weight excluding hydrogens is 354 g/mol. The van der Waals surface area contributed by atoms with Crippen LogP contribution in [0.1, 0.15) is 5.56 Å². The summed E-state index contributed by atoms with van der Waals surface area (Å²) in [5.41, 5.74) is -0.442. The van der Waals surface area contributed by atoms with E-state index in [1.54, 1.807) is 30.3 Å². The van der Waals surface area contributed by atoms with Gasteiger partial charge in [0.2, 0.25) is 5.95 Å². The van der Waals surface area contributed by atoms with Crippen LogP contribution in [0.5, 0.6) is 0 Å². The second-order valence-corrected chi connectivity index (χ2v) is 6.02. The molecule has 0 bridgehead atoms. The van der Waals surface area contributed by atoms with Crippen molar-refractivity contribution in [1.29, 1.82) is 0 Å². The van der Waals surface area contributed by atoms with Crippen molar-refractivity contribution in [3.05, 3.63) is 72.2 Å². The molecule has 0 radical (unpaired) electrons. The van der Waals surface area contributed by atoms with E-state index in [-0.39, 0.29) is 11.0 Å². The second-order valence-electron chi connectivity index (χ2n) is 4.96. The fourth-order valence-electron chi connectivity index (χ4n) is 1.96. The third kappa shape index (κ3) is 4.48. The zero-order valence-electron chi connectivity index (χ0n) is 12.6. The number of halogens is 4. The molecule has 0 fully saturated rings. The highest BCUT2D eigenvalue weighted by molar-refractivity contribution is 7.99. The van der Waals surface area contributed by atoms with Gasteiger partial charge in [0.1, 0.15) is 16.4 Å². The van der Waals surface area contributed by atoms with Gasteiger partial charge in [-0.15, -0.1) is 0 Å². The maximum atomic E-state index is 13.2. The number of anilines is 2. The van der Waals surface area contributed by atoms with Gasteiger partial charge in [-0.1, -0.05) is 30.0 Å². The van der Waals surface area contributed by atoms with Gasteiger partial charge in [0.25, 0.3) is 0 Å². The van der Waals surface area contributed by atoms with E-state index in [1.807, 2.05) is 0 Å². The summed E-state index contributed by atoms with van der Waals surface area (Å²) < 4.78 is 52.5. The maximum Gasteiger partial charge on any atom is 0.420 e. The summed E-state index contributed by atoms with van der Waals surface area (Å²) in [6.07, 6.45) is -3.82. The van der Waals surface area contributed by atoms with Crippen molar-refractivity contribution in [3.63, 3.8) is 0 Å². The van der Waals surface area contributed by atoms with Crippen molar-refractivity contribution in [2.24, 2.45) is 0 Å². The smallest absolute Gasteiger partial charge is 0.324 e. The molecule has 3 nitrogen and oxygen atoms in total. The molecule has 0 saturated heterocycles. The molecule has 0 aliphatic carbocycles. The third-order valence-electron chi connectivity index (χ3n) is 3.12. The Labute approximate surface area is 145 Å². The quantitative estimate of drug-likeness (QED) is 0.487. The van der Waals surface area contributed by atoms with Gasteiger partial charge in [0.05, 0.1) is 0 Å². The van der Waals surface area contributed by atoms with Gasteiger partial charge in [-0.25, -0.2) is 14.4 Å². The van der Waals surface area contributed by atoms with Gasteiger partial charge < -0.3 is 5.32 Å². The first-order valence-electron chi connectivity index (χ1n) is 7.11. The molecule has 0 atom stereocenters. The van der Waals surface area contributed by atoms with Crippen molar-refractivity contribution >= 4 is 23.4 Å². The predicted octanol–water partition coefficient (Wildman–Crippen LogP) is 5.53. The lowest BCUT2D eigenvalue weighted by Gasteiger charge is -2.13. The lowest BCUT2D eigenvalue weighted by atomic mass is 10.3. The van der Waals surface area contributed by atoms with Crippen LogP contribution in [0.3, 0.4) is 0 Å². The van der Waals surface area contributed by atoms with Crippen LogP contribution in [0.15, 0.2) is 70.7 Å². The molecule has 3 rings (SSSR count). The van der Waals surface area contributed by atoms with Crippen molar-refractivity contribution in [2.45, 2.75) is 16.1 Å². The average molecular weight is 365 g/mol. The fraction of sp³-hybridized carbons (Fsp3) is 0.0588. The number of hydrogen-bond acceptors (Lipinski definition) is 4. The number of benzene rings is 2. The zero-order chi connectivity index (χ0) is 17.9. The van der Waals surface area contributed by atoms with E-state index in [9.17, 15) is 17.6 Å². The summed E-state index contributed by atoms with van der Waals surface area (Å²) in [5, 5.41) is 2.56. The molecule has 8 heteroatoms. The first kappa shape index (κ1) is 17.2. The van der Waals surface area contributed by atoms with E-state index in [0.29, 0.717) is 10.6 Å². The lowest BCUT2D eigenvalue weighted by Crippen LogP contribution is -2.10. The Hall–Kier alpha value is -2.61. The van der Waals surface area contributed by atoms with Crippen LogP contribution < -0.4 is 5.32 Å². The summed E-state index contributed by atoms with van der Waals surface area (Å²) in [4.78, 5) is 8.32. The van der Waals surface area contributed by atoms with Crippen LogP contribution in [0, 0.1) is 5.82 Å². The van der Waals surface area contributed by atoms with E-state index < -0.39 is 17.6 Å². The van der Waals surface area contributed by atoms with Gasteiger partial charge >= 0.3 is 6.18 Å². The Kier molecular flexibility index (Phi) is 4.89. The minimum atomic E-state index is -4.56. The predicted molar refractivity (Wildman–Crippen MR) is 87.3 cm³/mol. The number of nitrogens with zero attached hydrogens (tertiary/aromatic N) is 2. The van der Waals surface area contributed by atoms with E-state index >= 15 is 0 Å². The molecule has 0 unspecified atom stereocenters. The van der Waals surface area contributed by atoms with Crippen LogP contribution in [-0.2, 0) is 6.18 Å². The topological polar surface area (TPSA) is 37.8 Å². The third-order valence-corrected chi connectivity index (χ3v) is 4.13. The van der Waals surface area contributed by atoms with Crippen LogP contribution in [0.2, 0.25) is 0 Å². The van der Waals surface area contributed by atoms with Crippen LogP contribution >= 0.6 is 11.8 Å². The molecule has 1 aromatic heterocycles. The van der Waals surface area contributed by atoms with E-state index in [4.69, 9.17) is 0 Å². The molecule has 0 spiro atoms. The summed E-state index contributed by atoms with van der Waals surface area (Å²) >= 11 is 0.897. The van der Waals surface area contributed by atoms with Gasteiger partial charge in [-0.3, -0.25) is 0 Å². The van der Waals surface area contributed by atoms with Crippen LogP contribution in [-0.4, -0.2) is 9.97 Å². The first-order chi connectivity index (χ1) is 11.9. The number of alkyl halides is 3. The molecule has 128 valence electrons. The highest BCUT2D eigenvalue weighted by Crippen LogP contribution is 2.38. The van der Waals surface area contributed by atoms with Crippen LogP contribution in [0.25, 0.3) is 0 Å². The summed E-state index contributed by atoms with van der Waals surface area (Å²) in [6, 6.07) is 14.0. The van der Waals surface area contributed by atoms with Crippen molar-refractivity contribution in [1.82, 2.24) is 9.97 Å². The molecular formula is C17H11F4N3S.